The number of anilines is 1. The molecule has 0 N–H and O–H groups in total. The van der Waals surface area contributed by atoms with Gasteiger partial charge < -0.3 is 14.4 Å². The summed E-state index contributed by atoms with van der Waals surface area (Å²) in [6.45, 7) is 11.2. The highest BCUT2D eigenvalue weighted by Gasteiger charge is 2.23. The lowest BCUT2D eigenvalue weighted by Crippen LogP contribution is -2.49. The van der Waals surface area contributed by atoms with Crippen molar-refractivity contribution in [3.63, 3.8) is 0 Å². The number of para-hydroxylation sites is 2. The number of allylic oxidation sites excluding steroid dienone is 1. The first-order chi connectivity index (χ1) is 15.9. The second kappa shape index (κ2) is 9.48. The molecule has 1 aliphatic heterocycles. The highest BCUT2D eigenvalue weighted by molar-refractivity contribution is 5.78. The summed E-state index contributed by atoms with van der Waals surface area (Å²) in [5, 5.41) is 0. The van der Waals surface area contributed by atoms with E-state index < -0.39 is 11.1 Å². The summed E-state index contributed by atoms with van der Waals surface area (Å²) in [5.74, 6) is 0.00173. The van der Waals surface area contributed by atoms with Gasteiger partial charge in [-0.15, -0.1) is 6.58 Å². The van der Waals surface area contributed by atoms with Gasteiger partial charge in [-0.05, 0) is 43.2 Å². The van der Waals surface area contributed by atoms with E-state index >= 15 is 0 Å². The molecule has 0 aliphatic carbocycles. The summed E-state index contributed by atoms with van der Waals surface area (Å²) >= 11 is 0. The van der Waals surface area contributed by atoms with Gasteiger partial charge in [0.2, 0.25) is 5.91 Å². The molecule has 172 valence electrons. The van der Waals surface area contributed by atoms with E-state index in [1.165, 1.54) is 25.9 Å². The highest BCUT2D eigenvalue weighted by atomic mass is 16.2. The number of amides is 1. The van der Waals surface area contributed by atoms with Crippen LogP contribution in [-0.4, -0.2) is 46.1 Å². The van der Waals surface area contributed by atoms with Crippen molar-refractivity contribution in [1.82, 2.24) is 14.0 Å². The zero-order valence-electron chi connectivity index (χ0n) is 19.3. The van der Waals surface area contributed by atoms with Crippen LogP contribution in [0.5, 0.6) is 0 Å². The summed E-state index contributed by atoms with van der Waals surface area (Å²) in [4.78, 5) is 42.5. The SMILES string of the molecule is C=CCn1c(=O)c(=O)n(CCC(=O)N2CCN(c3cccc(C)c3C)CC2)c2ccccc21. The maximum atomic E-state index is 12.9. The number of hydrogen-bond acceptors (Lipinski definition) is 4. The molecule has 0 saturated carbocycles. The Bertz CT molecular complexity index is 1310. The van der Waals surface area contributed by atoms with E-state index in [0.29, 0.717) is 24.1 Å². The molecule has 2 heterocycles. The highest BCUT2D eigenvalue weighted by Crippen LogP contribution is 2.24. The number of rotatable bonds is 6. The van der Waals surface area contributed by atoms with Gasteiger partial charge in [0.15, 0.2) is 0 Å². The van der Waals surface area contributed by atoms with Crippen LogP contribution in [-0.2, 0) is 17.9 Å². The average Bonchev–Trinajstić information content (AvgIpc) is 2.83. The fourth-order valence-electron chi connectivity index (χ4n) is 4.54. The number of nitrogens with zero attached hydrogens (tertiary/aromatic N) is 4. The first-order valence-electron chi connectivity index (χ1n) is 11.3. The lowest BCUT2D eigenvalue weighted by molar-refractivity contribution is -0.131. The molecule has 1 aliphatic rings. The number of benzene rings is 2. The normalized spacial score (nSPS) is 14.0. The minimum atomic E-state index is -0.608. The molecule has 33 heavy (non-hydrogen) atoms. The van der Waals surface area contributed by atoms with Crippen molar-refractivity contribution in [2.24, 2.45) is 0 Å². The van der Waals surface area contributed by atoms with Crippen molar-refractivity contribution >= 4 is 22.6 Å². The molecule has 4 rings (SSSR count). The topological polar surface area (TPSA) is 67.5 Å². The average molecular weight is 447 g/mol. The zero-order valence-corrected chi connectivity index (χ0v) is 19.3. The third-order valence-electron chi connectivity index (χ3n) is 6.55. The largest absolute Gasteiger partial charge is 0.368 e. The van der Waals surface area contributed by atoms with Gasteiger partial charge in [-0.2, -0.15) is 0 Å². The van der Waals surface area contributed by atoms with Crippen molar-refractivity contribution in [2.45, 2.75) is 33.4 Å². The Morgan fingerprint density at radius 1 is 0.909 bits per heavy atom. The molecule has 1 fully saturated rings. The van der Waals surface area contributed by atoms with E-state index in [-0.39, 0.29) is 25.4 Å². The Morgan fingerprint density at radius 2 is 1.55 bits per heavy atom. The van der Waals surface area contributed by atoms with Gasteiger partial charge in [-0.1, -0.05) is 30.3 Å². The van der Waals surface area contributed by atoms with E-state index in [1.54, 1.807) is 6.08 Å². The molecular formula is C26H30N4O3. The van der Waals surface area contributed by atoms with E-state index in [4.69, 9.17) is 0 Å². The van der Waals surface area contributed by atoms with E-state index in [1.807, 2.05) is 29.2 Å². The molecule has 0 radical (unpaired) electrons. The summed E-state index contributed by atoms with van der Waals surface area (Å²) in [7, 11) is 0. The second-order valence-electron chi connectivity index (χ2n) is 8.49. The van der Waals surface area contributed by atoms with Crippen LogP contribution >= 0.6 is 0 Å². The first-order valence-corrected chi connectivity index (χ1v) is 11.3. The number of carbonyl (C=O) groups excluding carboxylic acids is 1. The van der Waals surface area contributed by atoms with Crippen molar-refractivity contribution < 1.29 is 4.79 Å². The predicted octanol–water partition coefficient (Wildman–Crippen LogP) is 2.70. The van der Waals surface area contributed by atoms with Crippen LogP contribution in [0.3, 0.4) is 0 Å². The predicted molar refractivity (Wildman–Crippen MR) is 132 cm³/mol. The van der Waals surface area contributed by atoms with Gasteiger partial charge in [0, 0.05) is 51.4 Å². The minimum Gasteiger partial charge on any atom is -0.368 e. The molecule has 0 spiro atoms. The molecular weight excluding hydrogens is 416 g/mol. The van der Waals surface area contributed by atoms with Crippen LogP contribution in [0.4, 0.5) is 5.69 Å². The number of fused-ring (bicyclic) bond motifs is 1. The van der Waals surface area contributed by atoms with Gasteiger partial charge in [-0.25, -0.2) is 0 Å². The van der Waals surface area contributed by atoms with Gasteiger partial charge in [0.25, 0.3) is 0 Å². The molecule has 3 aromatic rings. The summed E-state index contributed by atoms with van der Waals surface area (Å²) in [6, 6.07) is 13.6. The van der Waals surface area contributed by atoms with E-state index in [9.17, 15) is 14.4 Å². The Hall–Kier alpha value is -3.61. The van der Waals surface area contributed by atoms with E-state index in [0.717, 1.165) is 13.1 Å². The molecule has 1 saturated heterocycles. The van der Waals surface area contributed by atoms with Gasteiger partial charge >= 0.3 is 11.1 Å². The number of aryl methyl sites for hydroxylation is 2. The van der Waals surface area contributed by atoms with Gasteiger partial charge in [0.05, 0.1) is 11.0 Å². The molecule has 0 bridgehead atoms. The lowest BCUT2D eigenvalue weighted by atomic mass is 10.1. The smallest absolute Gasteiger partial charge is 0.317 e. The third kappa shape index (κ3) is 4.35. The molecule has 1 aromatic heterocycles. The number of carbonyl (C=O) groups is 1. The van der Waals surface area contributed by atoms with Crippen molar-refractivity contribution in [3.8, 4) is 0 Å². The van der Waals surface area contributed by atoms with Crippen molar-refractivity contribution in [2.75, 3.05) is 31.1 Å². The second-order valence-corrected chi connectivity index (χ2v) is 8.49. The molecule has 2 aromatic carbocycles. The van der Waals surface area contributed by atoms with Gasteiger partial charge in [-0.3, -0.25) is 19.0 Å². The maximum absolute atomic E-state index is 12.9. The van der Waals surface area contributed by atoms with Crippen LogP contribution in [0, 0.1) is 13.8 Å². The zero-order chi connectivity index (χ0) is 23.5. The Morgan fingerprint density at radius 3 is 2.21 bits per heavy atom. The quantitative estimate of drug-likeness (QED) is 0.431. The Labute approximate surface area is 193 Å². The Kier molecular flexibility index (Phi) is 6.49. The summed E-state index contributed by atoms with van der Waals surface area (Å²) in [6.07, 6.45) is 1.78. The first kappa shape index (κ1) is 22.6. The Balaban J connectivity index is 1.47. The maximum Gasteiger partial charge on any atom is 0.317 e. The van der Waals surface area contributed by atoms with Crippen molar-refractivity contribution in [1.29, 1.82) is 0 Å². The summed E-state index contributed by atoms with van der Waals surface area (Å²) < 4.78 is 2.86. The van der Waals surface area contributed by atoms with Crippen LogP contribution < -0.4 is 16.0 Å². The third-order valence-corrected chi connectivity index (χ3v) is 6.55. The van der Waals surface area contributed by atoms with Crippen LogP contribution in [0.25, 0.3) is 11.0 Å². The van der Waals surface area contributed by atoms with Crippen LogP contribution in [0.2, 0.25) is 0 Å². The lowest BCUT2D eigenvalue weighted by Gasteiger charge is -2.37. The molecule has 1 amide bonds. The number of piperazine rings is 1. The number of aromatic nitrogens is 2. The minimum absolute atomic E-state index is 0.00173. The fraction of sp³-hybridized carbons (Fsp3) is 0.346. The molecule has 0 unspecified atom stereocenters. The van der Waals surface area contributed by atoms with E-state index in [2.05, 4.69) is 43.5 Å². The molecule has 7 heteroatoms. The molecule has 0 atom stereocenters. The monoisotopic (exact) mass is 446 g/mol. The fourth-order valence-corrected chi connectivity index (χ4v) is 4.54. The van der Waals surface area contributed by atoms with Crippen molar-refractivity contribution in [3.05, 3.63) is 87.0 Å². The van der Waals surface area contributed by atoms with Crippen LogP contribution in [0.15, 0.2) is 64.7 Å². The van der Waals surface area contributed by atoms with Gasteiger partial charge in [0.1, 0.15) is 0 Å². The summed E-state index contributed by atoms with van der Waals surface area (Å²) in [5.41, 5.74) is 3.87. The molecule has 7 nitrogen and oxygen atoms in total. The van der Waals surface area contributed by atoms with Crippen LogP contribution in [0.1, 0.15) is 17.5 Å². The standard InChI is InChI=1S/C26H30N4O3/c1-4-13-29-22-9-5-6-10-23(22)30(26(33)25(29)32)14-12-24(31)28-17-15-27(16-18-28)21-11-7-8-19(2)20(21)3/h4-11H,1,12-18H2,2-3H3. The number of hydrogen-bond donors (Lipinski definition) is 0.